The Morgan fingerprint density at radius 1 is 1.12 bits per heavy atom. The van der Waals surface area contributed by atoms with Gasteiger partial charge in [0, 0.05) is 11.9 Å². The zero-order valence-electron chi connectivity index (χ0n) is 18.8. The molecule has 0 aliphatic carbocycles. The average molecular weight is 498 g/mol. The molecule has 0 spiro atoms. The van der Waals surface area contributed by atoms with Crippen LogP contribution in [0.1, 0.15) is 53.7 Å². The van der Waals surface area contributed by atoms with Crippen LogP contribution in [0.2, 0.25) is 0 Å². The Hall–Kier alpha value is -2.49. The number of unbranched alkanes of at least 4 members (excludes halogenated alkanes) is 3. The van der Waals surface area contributed by atoms with Gasteiger partial charge in [0.05, 0.1) is 16.3 Å². The van der Waals surface area contributed by atoms with E-state index in [9.17, 15) is 4.79 Å². The number of hydrogen-bond acceptors (Lipinski definition) is 7. The molecular formula is C24H27N5OS3. The Morgan fingerprint density at radius 2 is 2.03 bits per heavy atom. The number of aromatic nitrogens is 4. The van der Waals surface area contributed by atoms with Crippen LogP contribution in [0.25, 0.3) is 16.4 Å². The molecule has 1 aromatic carbocycles. The summed E-state index contributed by atoms with van der Waals surface area (Å²) < 4.78 is 2.10. The van der Waals surface area contributed by atoms with E-state index in [4.69, 9.17) is 0 Å². The maximum Gasteiger partial charge on any atom is 0.270 e. The van der Waals surface area contributed by atoms with Gasteiger partial charge in [-0.05, 0) is 42.5 Å². The van der Waals surface area contributed by atoms with E-state index in [-0.39, 0.29) is 5.91 Å². The van der Waals surface area contributed by atoms with Crippen LogP contribution in [0.5, 0.6) is 0 Å². The summed E-state index contributed by atoms with van der Waals surface area (Å²) in [6.45, 7) is 4.96. The van der Waals surface area contributed by atoms with Crippen LogP contribution in [0.3, 0.4) is 0 Å². The molecule has 0 bridgehead atoms. The Kier molecular flexibility index (Phi) is 8.30. The van der Waals surface area contributed by atoms with E-state index in [0.717, 1.165) is 39.4 Å². The normalized spacial score (nSPS) is 11.1. The lowest BCUT2D eigenvalue weighted by Gasteiger charge is -2.10. The molecule has 3 heterocycles. The lowest BCUT2D eigenvalue weighted by atomic mass is 10.2. The third-order valence-corrected chi connectivity index (χ3v) is 7.90. The fourth-order valence-electron chi connectivity index (χ4n) is 3.38. The molecule has 9 heteroatoms. The van der Waals surface area contributed by atoms with Crippen molar-refractivity contribution in [2.24, 2.45) is 0 Å². The van der Waals surface area contributed by atoms with Gasteiger partial charge in [0.1, 0.15) is 10.7 Å². The predicted molar refractivity (Wildman–Crippen MR) is 138 cm³/mol. The first kappa shape index (κ1) is 23.7. The van der Waals surface area contributed by atoms with Crippen molar-refractivity contribution in [3.63, 3.8) is 0 Å². The van der Waals surface area contributed by atoms with Crippen LogP contribution in [0, 0.1) is 6.92 Å². The molecule has 0 fully saturated rings. The summed E-state index contributed by atoms with van der Waals surface area (Å²) in [7, 11) is 0. The number of rotatable bonds is 11. The average Bonchev–Trinajstić information content (AvgIpc) is 3.58. The van der Waals surface area contributed by atoms with Gasteiger partial charge in [-0.2, -0.15) is 0 Å². The van der Waals surface area contributed by atoms with E-state index in [2.05, 4.69) is 63.2 Å². The van der Waals surface area contributed by atoms with Crippen molar-refractivity contribution in [1.29, 1.82) is 0 Å². The summed E-state index contributed by atoms with van der Waals surface area (Å²) in [5, 5.41) is 17.5. The third-order valence-electron chi connectivity index (χ3n) is 5.06. The molecule has 3 aromatic heterocycles. The number of carbonyl (C=O) groups is 1. The highest BCUT2D eigenvalue weighted by Gasteiger charge is 2.18. The fraction of sp³-hybridized carbons (Fsp3) is 0.333. The smallest absolute Gasteiger partial charge is 0.270 e. The molecule has 1 N–H and O–H groups in total. The van der Waals surface area contributed by atoms with Crippen LogP contribution in [0.4, 0.5) is 0 Å². The Labute approximate surface area is 206 Å². The second-order valence-electron chi connectivity index (χ2n) is 7.69. The number of thioether (sulfide) groups is 1. The minimum atomic E-state index is -0.0955. The maximum absolute atomic E-state index is 12.4. The number of nitrogens with one attached hydrogen (secondary N) is 1. The van der Waals surface area contributed by atoms with Gasteiger partial charge in [0.2, 0.25) is 0 Å². The molecule has 33 heavy (non-hydrogen) atoms. The monoisotopic (exact) mass is 497 g/mol. The number of hydrogen-bond donors (Lipinski definition) is 1. The lowest BCUT2D eigenvalue weighted by molar-refractivity contribution is 0.0948. The molecule has 0 saturated heterocycles. The number of nitrogens with zero attached hydrogens (tertiary/aromatic N) is 4. The fourth-order valence-corrected chi connectivity index (χ4v) is 5.82. The molecule has 4 aromatic rings. The van der Waals surface area contributed by atoms with Gasteiger partial charge in [-0.1, -0.05) is 56.1 Å². The molecule has 0 aliphatic rings. The van der Waals surface area contributed by atoms with Crippen molar-refractivity contribution < 1.29 is 4.79 Å². The molecule has 1 amide bonds. The van der Waals surface area contributed by atoms with Gasteiger partial charge in [-0.15, -0.1) is 32.9 Å². The quantitative estimate of drug-likeness (QED) is 0.193. The molecule has 0 aliphatic heterocycles. The lowest BCUT2D eigenvalue weighted by Crippen LogP contribution is -2.24. The summed E-state index contributed by atoms with van der Waals surface area (Å²) in [5.74, 6) is 1.37. The molecule has 172 valence electrons. The molecule has 0 unspecified atom stereocenters. The summed E-state index contributed by atoms with van der Waals surface area (Å²) in [6.07, 6.45) is 4.54. The number of carbonyl (C=O) groups excluding carboxylic acids is 1. The van der Waals surface area contributed by atoms with E-state index in [1.807, 2.05) is 22.9 Å². The summed E-state index contributed by atoms with van der Waals surface area (Å²) >= 11 is 4.73. The van der Waals surface area contributed by atoms with Gasteiger partial charge in [0.15, 0.2) is 11.0 Å². The molecular weight excluding hydrogens is 470 g/mol. The second-order valence-corrected chi connectivity index (χ2v) is 10.5. The summed E-state index contributed by atoms with van der Waals surface area (Å²) in [5.41, 5.74) is 2.71. The van der Waals surface area contributed by atoms with Gasteiger partial charge in [-0.3, -0.25) is 9.36 Å². The number of amides is 1. The van der Waals surface area contributed by atoms with Gasteiger partial charge in [0.25, 0.3) is 5.91 Å². The number of thiazole rings is 1. The molecule has 0 radical (unpaired) electrons. The molecule has 0 saturated carbocycles. The maximum atomic E-state index is 12.4. The first-order valence-electron chi connectivity index (χ1n) is 11.1. The minimum Gasteiger partial charge on any atom is -0.351 e. The largest absolute Gasteiger partial charge is 0.351 e. The van der Waals surface area contributed by atoms with E-state index in [1.165, 1.54) is 29.7 Å². The summed E-state index contributed by atoms with van der Waals surface area (Å²) in [4.78, 5) is 18.0. The van der Waals surface area contributed by atoms with Crippen LogP contribution >= 0.6 is 34.4 Å². The van der Waals surface area contributed by atoms with Crippen LogP contribution in [-0.4, -0.2) is 32.2 Å². The second kappa shape index (κ2) is 11.6. The number of thiophene rings is 1. The molecule has 0 atom stereocenters. The van der Waals surface area contributed by atoms with Crippen LogP contribution < -0.4 is 5.32 Å². The zero-order valence-corrected chi connectivity index (χ0v) is 21.2. The third kappa shape index (κ3) is 6.10. The Balaban J connectivity index is 1.45. The first-order chi connectivity index (χ1) is 16.2. The van der Waals surface area contributed by atoms with E-state index in [1.54, 1.807) is 23.1 Å². The predicted octanol–water partition coefficient (Wildman–Crippen LogP) is 6.36. The van der Waals surface area contributed by atoms with Crippen LogP contribution in [0.15, 0.2) is 52.3 Å². The Bertz CT molecular complexity index is 1180. The summed E-state index contributed by atoms with van der Waals surface area (Å²) in [6, 6.07) is 12.4. The highest BCUT2D eigenvalue weighted by atomic mass is 32.2. The van der Waals surface area contributed by atoms with E-state index < -0.39 is 0 Å². The first-order valence-corrected chi connectivity index (χ1v) is 13.8. The van der Waals surface area contributed by atoms with Crippen molar-refractivity contribution >= 4 is 40.3 Å². The number of aryl methyl sites for hydroxylation is 1. The van der Waals surface area contributed by atoms with Crippen LogP contribution in [-0.2, 0) is 5.75 Å². The van der Waals surface area contributed by atoms with Gasteiger partial charge < -0.3 is 5.32 Å². The van der Waals surface area contributed by atoms with Crippen molar-refractivity contribution in [3.8, 4) is 16.4 Å². The highest BCUT2D eigenvalue weighted by molar-refractivity contribution is 7.98. The van der Waals surface area contributed by atoms with Crippen molar-refractivity contribution in [2.45, 2.75) is 50.4 Å². The van der Waals surface area contributed by atoms with Crippen molar-refractivity contribution in [2.75, 3.05) is 6.54 Å². The number of benzene rings is 1. The van der Waals surface area contributed by atoms with E-state index >= 15 is 0 Å². The topological polar surface area (TPSA) is 72.7 Å². The van der Waals surface area contributed by atoms with Gasteiger partial charge >= 0.3 is 0 Å². The molecule has 6 nitrogen and oxygen atoms in total. The molecule has 4 rings (SSSR count). The highest BCUT2D eigenvalue weighted by Crippen LogP contribution is 2.32. The van der Waals surface area contributed by atoms with Gasteiger partial charge in [-0.25, -0.2) is 4.98 Å². The standard InChI is InChI=1S/C24H27N5OS3/c1-3-4-5-6-12-25-23(30)19-15-32-21(26-19)16-33-24-28-27-22(20-11-8-13-31-20)29(24)18-10-7-9-17(2)14-18/h7-11,13-15H,3-6,12,16H2,1-2H3,(H,25,30). The zero-order chi connectivity index (χ0) is 23.0. The SMILES string of the molecule is CCCCCCNC(=O)c1csc(CSc2nnc(-c3cccs3)n2-c2cccc(C)c2)n1. The van der Waals surface area contributed by atoms with Crippen molar-refractivity contribution in [1.82, 2.24) is 25.1 Å². The van der Waals surface area contributed by atoms with E-state index in [0.29, 0.717) is 18.0 Å². The van der Waals surface area contributed by atoms with Crippen molar-refractivity contribution in [3.05, 3.63) is 63.4 Å². The minimum absolute atomic E-state index is 0.0955. The Morgan fingerprint density at radius 3 is 2.82 bits per heavy atom.